The number of aliphatic hydroxyl groups is 6. The first kappa shape index (κ1) is 48.6. The third-order valence-corrected chi connectivity index (χ3v) is 12.2. The minimum absolute atomic E-state index is 0.00581. The van der Waals surface area contributed by atoms with Crippen LogP contribution in [-0.2, 0) is 10.8 Å². The monoisotopic (exact) mass is 870 g/mol. The lowest BCUT2D eigenvalue weighted by Gasteiger charge is -2.53. The fourth-order valence-corrected chi connectivity index (χ4v) is 8.59. The third kappa shape index (κ3) is 12.6. The van der Waals surface area contributed by atoms with Gasteiger partial charge in [0.15, 0.2) is 0 Å². The molecule has 2 aliphatic carbocycles. The molecule has 62 heavy (non-hydrogen) atoms. The van der Waals surface area contributed by atoms with Crippen molar-refractivity contribution in [3.05, 3.63) is 17.5 Å². The second kappa shape index (κ2) is 25.0. The topological polar surface area (TPSA) is 310 Å². The van der Waals surface area contributed by atoms with Gasteiger partial charge in [-0.25, -0.2) is 0 Å². The minimum atomic E-state index is -0.747. The molecule has 0 aromatic carbocycles. The van der Waals surface area contributed by atoms with E-state index in [9.17, 15) is 30.6 Å². The van der Waals surface area contributed by atoms with Crippen LogP contribution in [0.15, 0.2) is 0 Å². The van der Waals surface area contributed by atoms with E-state index in [0.29, 0.717) is 144 Å². The second-order valence-electron chi connectivity index (χ2n) is 16.3. The SMILES string of the molecule is CCC(CO)Nc1nc(NC(CC)CO)nc(C2(C3(c4nc(NCCCO)nc(NCCCO)n4)CCC(c4nc(NCCCO)nc(NCCCO)n4)CC3)CCCCC2)n1. The maximum absolute atomic E-state index is 10.2. The van der Waals surface area contributed by atoms with Gasteiger partial charge in [0, 0.05) is 69.4 Å². The van der Waals surface area contributed by atoms with Crippen molar-refractivity contribution in [3.8, 4) is 0 Å². The first-order valence-electron chi connectivity index (χ1n) is 22.7. The molecule has 21 heteroatoms. The quantitative estimate of drug-likeness (QED) is 0.0466. The van der Waals surface area contributed by atoms with Crippen molar-refractivity contribution < 1.29 is 30.6 Å². The standard InChI is InChI=1S/C41H71N15O6/c1-3-29(26-61)46-38-52-32(53-39(56-38)47-30(4-2)27-62)40(14-6-5-7-15-40)41(33-50-36(44-20-10-24-59)55-37(51-33)45-21-11-25-60)16-12-28(13-17-41)31-48-34(42-18-8-22-57)54-35(49-31)43-19-9-23-58/h28-30,57-62H,3-27H2,1-2H3,(H2,42,43,48,49,54)(H2,44,45,50,51,55)(H2,46,47,52,53,56). The summed E-state index contributed by atoms with van der Waals surface area (Å²) in [4.78, 5) is 44.7. The summed E-state index contributed by atoms with van der Waals surface area (Å²) < 4.78 is 0. The molecule has 21 nitrogen and oxygen atoms in total. The molecule has 12 N–H and O–H groups in total. The molecule has 0 spiro atoms. The van der Waals surface area contributed by atoms with Crippen LogP contribution in [0.5, 0.6) is 0 Å². The van der Waals surface area contributed by atoms with E-state index in [1.54, 1.807) is 0 Å². The lowest BCUT2D eigenvalue weighted by atomic mass is 9.50. The van der Waals surface area contributed by atoms with Crippen molar-refractivity contribution in [1.29, 1.82) is 0 Å². The summed E-state index contributed by atoms with van der Waals surface area (Å²) >= 11 is 0. The molecule has 3 aromatic heterocycles. The van der Waals surface area contributed by atoms with Gasteiger partial charge in [-0.05, 0) is 77.0 Å². The fourth-order valence-electron chi connectivity index (χ4n) is 8.59. The number of aliphatic hydroxyl groups excluding tert-OH is 6. The highest BCUT2D eigenvalue weighted by Gasteiger charge is 2.59. The van der Waals surface area contributed by atoms with E-state index in [4.69, 9.17) is 39.9 Å². The van der Waals surface area contributed by atoms with Crippen molar-refractivity contribution in [1.82, 2.24) is 44.9 Å². The number of aromatic nitrogens is 9. The lowest BCUT2D eigenvalue weighted by Crippen LogP contribution is -2.54. The maximum atomic E-state index is 10.2. The normalized spacial score (nSPS) is 19.6. The van der Waals surface area contributed by atoms with Crippen LogP contribution in [0, 0.1) is 0 Å². The summed E-state index contributed by atoms with van der Waals surface area (Å²) in [5.74, 6) is 4.00. The Kier molecular flexibility index (Phi) is 19.6. The van der Waals surface area contributed by atoms with Gasteiger partial charge in [-0.15, -0.1) is 0 Å². The van der Waals surface area contributed by atoms with Crippen LogP contribution in [0.1, 0.15) is 134 Å². The van der Waals surface area contributed by atoms with Gasteiger partial charge in [0.25, 0.3) is 0 Å². The van der Waals surface area contributed by atoms with Gasteiger partial charge in [0.05, 0.1) is 25.3 Å². The summed E-state index contributed by atoms with van der Waals surface area (Å²) in [5, 5.41) is 78.4. The summed E-state index contributed by atoms with van der Waals surface area (Å²) in [5.41, 5.74) is -1.45. The molecule has 0 saturated heterocycles. The highest BCUT2D eigenvalue weighted by Crippen LogP contribution is 2.59. The Bertz CT molecular complexity index is 1670. The van der Waals surface area contributed by atoms with Gasteiger partial charge >= 0.3 is 0 Å². The van der Waals surface area contributed by atoms with Crippen molar-refractivity contribution in [2.45, 2.75) is 139 Å². The Morgan fingerprint density at radius 2 is 0.823 bits per heavy atom. The zero-order valence-electron chi connectivity index (χ0n) is 36.6. The van der Waals surface area contributed by atoms with Crippen LogP contribution in [0.4, 0.5) is 35.7 Å². The van der Waals surface area contributed by atoms with Crippen molar-refractivity contribution in [2.24, 2.45) is 0 Å². The summed E-state index contributed by atoms with van der Waals surface area (Å²) in [7, 11) is 0. The number of nitrogens with zero attached hydrogens (tertiary/aromatic N) is 9. The predicted molar refractivity (Wildman–Crippen MR) is 237 cm³/mol. The molecule has 2 aliphatic rings. The molecule has 0 radical (unpaired) electrons. The first-order valence-corrected chi connectivity index (χ1v) is 22.7. The van der Waals surface area contributed by atoms with Crippen LogP contribution < -0.4 is 31.9 Å². The smallest absolute Gasteiger partial charge is 0.228 e. The number of anilines is 6. The van der Waals surface area contributed by atoms with E-state index in [1.165, 1.54) is 0 Å². The van der Waals surface area contributed by atoms with Crippen LogP contribution in [0.3, 0.4) is 0 Å². The minimum Gasteiger partial charge on any atom is -0.396 e. The Morgan fingerprint density at radius 1 is 0.468 bits per heavy atom. The predicted octanol–water partition coefficient (Wildman–Crippen LogP) is 2.28. The maximum Gasteiger partial charge on any atom is 0.228 e. The molecule has 3 heterocycles. The van der Waals surface area contributed by atoms with Gasteiger partial charge in [-0.3, -0.25) is 0 Å². The molecule has 0 aliphatic heterocycles. The summed E-state index contributed by atoms with van der Waals surface area (Å²) in [6.45, 7) is 5.70. The second-order valence-corrected chi connectivity index (χ2v) is 16.3. The summed E-state index contributed by atoms with van der Waals surface area (Å²) in [6, 6.07) is -0.584. The molecule has 2 saturated carbocycles. The third-order valence-electron chi connectivity index (χ3n) is 12.2. The van der Waals surface area contributed by atoms with E-state index >= 15 is 0 Å². The average molecular weight is 870 g/mol. The number of nitrogens with one attached hydrogen (secondary N) is 6. The van der Waals surface area contributed by atoms with Crippen molar-refractivity contribution in [3.63, 3.8) is 0 Å². The van der Waals surface area contributed by atoms with Crippen LogP contribution in [0.25, 0.3) is 0 Å². The van der Waals surface area contributed by atoms with E-state index in [-0.39, 0.29) is 57.6 Å². The van der Waals surface area contributed by atoms with Crippen LogP contribution in [-0.4, -0.2) is 153 Å². The molecular weight excluding hydrogens is 799 g/mol. The van der Waals surface area contributed by atoms with E-state index in [2.05, 4.69) is 36.9 Å². The molecule has 3 aromatic rings. The van der Waals surface area contributed by atoms with Crippen LogP contribution in [0.2, 0.25) is 0 Å². The Labute approximate surface area is 364 Å². The van der Waals surface area contributed by atoms with Gasteiger partial charge < -0.3 is 62.5 Å². The molecule has 2 atom stereocenters. The molecule has 0 amide bonds. The number of hydrogen-bond donors (Lipinski definition) is 12. The fraction of sp³-hybridized carbons (Fsp3) is 0.780. The first-order chi connectivity index (χ1) is 30.3. The number of rotatable bonds is 28. The molecule has 0 bridgehead atoms. The molecule has 2 fully saturated rings. The van der Waals surface area contributed by atoms with Gasteiger partial charge in [-0.2, -0.15) is 44.9 Å². The zero-order valence-corrected chi connectivity index (χ0v) is 36.6. The lowest BCUT2D eigenvalue weighted by molar-refractivity contribution is 0.0820. The molecule has 346 valence electrons. The molecular formula is C41H71N15O6. The Morgan fingerprint density at radius 3 is 1.19 bits per heavy atom. The highest BCUT2D eigenvalue weighted by atomic mass is 16.3. The van der Waals surface area contributed by atoms with E-state index < -0.39 is 10.8 Å². The van der Waals surface area contributed by atoms with Crippen LogP contribution >= 0.6 is 0 Å². The van der Waals surface area contributed by atoms with Gasteiger partial charge in [0.1, 0.15) is 17.5 Å². The van der Waals surface area contributed by atoms with E-state index in [1.807, 2.05) is 13.8 Å². The Hall–Kier alpha value is -4.41. The molecule has 2 unspecified atom stereocenters. The highest BCUT2D eigenvalue weighted by molar-refractivity contribution is 5.43. The summed E-state index contributed by atoms with van der Waals surface area (Å²) in [6.07, 6.45) is 10.2. The number of hydrogen-bond acceptors (Lipinski definition) is 21. The zero-order chi connectivity index (χ0) is 44.2. The van der Waals surface area contributed by atoms with Crippen molar-refractivity contribution in [2.75, 3.05) is 97.7 Å². The van der Waals surface area contributed by atoms with Crippen molar-refractivity contribution >= 4 is 35.7 Å². The Balaban J connectivity index is 1.69. The molecule has 5 rings (SSSR count). The van der Waals surface area contributed by atoms with E-state index in [0.717, 1.165) is 32.1 Å². The largest absolute Gasteiger partial charge is 0.396 e. The average Bonchev–Trinajstić information content (AvgIpc) is 3.30. The van der Waals surface area contributed by atoms with Gasteiger partial charge in [-0.1, -0.05) is 33.1 Å². The van der Waals surface area contributed by atoms with Gasteiger partial charge in [0.2, 0.25) is 35.7 Å².